The first kappa shape index (κ1) is 14.5. The lowest BCUT2D eigenvalue weighted by Crippen LogP contribution is -1.98. The van der Waals surface area contributed by atoms with E-state index in [1.807, 2.05) is 31.2 Å². The van der Waals surface area contributed by atoms with Crippen LogP contribution in [0.25, 0.3) is 10.6 Å². The number of carboxylic acids is 1. The van der Waals surface area contributed by atoms with Gasteiger partial charge in [0.25, 0.3) is 0 Å². The van der Waals surface area contributed by atoms with Gasteiger partial charge in [-0.15, -0.1) is 11.3 Å². The van der Waals surface area contributed by atoms with E-state index in [0.29, 0.717) is 6.42 Å². The van der Waals surface area contributed by atoms with Gasteiger partial charge in [0, 0.05) is 4.88 Å². The van der Waals surface area contributed by atoms with E-state index in [4.69, 9.17) is 9.84 Å². The summed E-state index contributed by atoms with van der Waals surface area (Å²) >= 11 is 1.55. The number of hydrogen-bond donors (Lipinski definition) is 1. The maximum Gasteiger partial charge on any atom is 0.303 e. The molecule has 0 fully saturated rings. The zero-order chi connectivity index (χ0) is 14.5. The molecule has 1 aromatic heterocycles. The van der Waals surface area contributed by atoms with Crippen LogP contribution in [0.1, 0.15) is 23.9 Å². The van der Waals surface area contributed by atoms with E-state index in [2.05, 4.69) is 4.98 Å². The van der Waals surface area contributed by atoms with Gasteiger partial charge in [-0.05, 0) is 25.0 Å². The van der Waals surface area contributed by atoms with Crippen molar-refractivity contribution in [2.24, 2.45) is 0 Å². The van der Waals surface area contributed by atoms with Crippen LogP contribution in [0.5, 0.6) is 5.75 Å². The largest absolute Gasteiger partial charge is 0.496 e. The summed E-state index contributed by atoms with van der Waals surface area (Å²) in [6.45, 7) is 2.03. The molecule has 1 N–H and O–H groups in total. The van der Waals surface area contributed by atoms with Crippen LogP contribution in [-0.4, -0.2) is 23.2 Å². The molecule has 0 saturated heterocycles. The monoisotopic (exact) mass is 291 g/mol. The highest BCUT2D eigenvalue weighted by atomic mass is 32.1. The van der Waals surface area contributed by atoms with Crippen molar-refractivity contribution in [2.45, 2.75) is 26.2 Å². The maximum atomic E-state index is 10.7. The number of aryl methyl sites for hydroxylation is 2. The van der Waals surface area contributed by atoms with E-state index in [1.165, 1.54) is 0 Å². The Balaban J connectivity index is 2.35. The van der Waals surface area contributed by atoms with Gasteiger partial charge in [-0.3, -0.25) is 4.79 Å². The van der Waals surface area contributed by atoms with Gasteiger partial charge in [0.2, 0.25) is 0 Å². The third kappa shape index (κ3) is 3.17. The first-order valence-electron chi connectivity index (χ1n) is 6.49. The number of benzene rings is 1. The second kappa shape index (κ2) is 6.52. The highest BCUT2D eigenvalue weighted by Gasteiger charge is 2.15. The summed E-state index contributed by atoms with van der Waals surface area (Å²) in [6.07, 6.45) is 1.48. The van der Waals surface area contributed by atoms with E-state index >= 15 is 0 Å². The summed E-state index contributed by atoms with van der Waals surface area (Å²) in [5.41, 5.74) is 1.94. The number of ether oxygens (including phenoxy) is 1. The van der Waals surface area contributed by atoms with Crippen LogP contribution < -0.4 is 4.74 Å². The SMILES string of the molecule is CCc1nc(-c2ccccc2OC)sc1CCC(=O)O. The first-order valence-corrected chi connectivity index (χ1v) is 7.31. The average Bonchev–Trinajstić information content (AvgIpc) is 2.88. The minimum absolute atomic E-state index is 0.139. The molecule has 2 aromatic rings. The van der Waals surface area contributed by atoms with Gasteiger partial charge in [0.15, 0.2) is 0 Å². The molecule has 2 rings (SSSR count). The van der Waals surface area contributed by atoms with Crippen molar-refractivity contribution in [3.8, 4) is 16.3 Å². The van der Waals surface area contributed by atoms with Crippen LogP contribution in [0.15, 0.2) is 24.3 Å². The summed E-state index contributed by atoms with van der Waals surface area (Å²) in [5, 5.41) is 9.70. The zero-order valence-corrected chi connectivity index (χ0v) is 12.4. The normalized spacial score (nSPS) is 10.5. The molecule has 0 spiro atoms. The molecule has 0 aliphatic carbocycles. The standard InChI is InChI=1S/C15H17NO3S/c1-3-11-13(8-9-14(17)18)20-15(16-11)10-6-4-5-7-12(10)19-2/h4-7H,3,8-9H2,1-2H3,(H,17,18). The number of para-hydroxylation sites is 1. The van der Waals surface area contributed by atoms with Crippen LogP contribution in [0.4, 0.5) is 0 Å². The Labute approximate surface area is 122 Å². The Kier molecular flexibility index (Phi) is 4.74. The van der Waals surface area contributed by atoms with Crippen LogP contribution in [0, 0.1) is 0 Å². The van der Waals surface area contributed by atoms with Crippen molar-refractivity contribution in [2.75, 3.05) is 7.11 Å². The smallest absolute Gasteiger partial charge is 0.303 e. The van der Waals surface area contributed by atoms with Gasteiger partial charge in [-0.25, -0.2) is 4.98 Å². The first-order chi connectivity index (χ1) is 9.65. The number of carboxylic acid groups (broad SMARTS) is 1. The minimum atomic E-state index is -0.778. The molecule has 1 aromatic carbocycles. The molecule has 0 radical (unpaired) electrons. The lowest BCUT2D eigenvalue weighted by molar-refractivity contribution is -0.136. The van der Waals surface area contributed by atoms with E-state index < -0.39 is 5.97 Å². The molecule has 1 heterocycles. The number of carbonyl (C=O) groups is 1. The molecule has 0 saturated carbocycles. The van der Waals surface area contributed by atoms with E-state index in [9.17, 15) is 4.79 Å². The second-order valence-corrected chi connectivity index (χ2v) is 5.42. The van der Waals surface area contributed by atoms with Crippen molar-refractivity contribution < 1.29 is 14.6 Å². The number of nitrogens with zero attached hydrogens (tertiary/aromatic N) is 1. The van der Waals surface area contributed by atoms with Gasteiger partial charge in [-0.1, -0.05) is 19.1 Å². The molecule has 0 aliphatic heterocycles. The molecular formula is C15H17NO3S. The molecule has 106 valence electrons. The summed E-state index contributed by atoms with van der Waals surface area (Å²) < 4.78 is 5.35. The highest BCUT2D eigenvalue weighted by molar-refractivity contribution is 7.15. The molecular weight excluding hydrogens is 274 g/mol. The van der Waals surface area contributed by atoms with Crippen molar-refractivity contribution >= 4 is 17.3 Å². The van der Waals surface area contributed by atoms with Gasteiger partial charge < -0.3 is 9.84 Å². The van der Waals surface area contributed by atoms with Gasteiger partial charge in [0.05, 0.1) is 24.8 Å². The fourth-order valence-corrected chi connectivity index (χ4v) is 3.19. The highest BCUT2D eigenvalue weighted by Crippen LogP contribution is 2.34. The number of aromatic nitrogens is 1. The summed E-state index contributed by atoms with van der Waals surface area (Å²) in [7, 11) is 1.64. The third-order valence-corrected chi connectivity index (χ3v) is 4.21. The Hall–Kier alpha value is -1.88. The van der Waals surface area contributed by atoms with Crippen LogP contribution >= 0.6 is 11.3 Å². The van der Waals surface area contributed by atoms with Crippen molar-refractivity contribution in [3.05, 3.63) is 34.8 Å². The zero-order valence-electron chi connectivity index (χ0n) is 11.5. The summed E-state index contributed by atoms with van der Waals surface area (Å²) in [5.74, 6) is 0.00739. The lowest BCUT2D eigenvalue weighted by atomic mass is 10.2. The predicted molar refractivity (Wildman–Crippen MR) is 79.4 cm³/mol. The van der Waals surface area contributed by atoms with E-state index in [-0.39, 0.29) is 6.42 Å². The Morgan fingerprint density at radius 2 is 2.15 bits per heavy atom. The molecule has 0 aliphatic rings. The fourth-order valence-electron chi connectivity index (χ4n) is 2.01. The topological polar surface area (TPSA) is 59.4 Å². The van der Waals surface area contributed by atoms with Gasteiger partial charge >= 0.3 is 5.97 Å². The fraction of sp³-hybridized carbons (Fsp3) is 0.333. The summed E-state index contributed by atoms with van der Waals surface area (Å²) in [4.78, 5) is 16.4. The number of hydrogen-bond acceptors (Lipinski definition) is 4. The lowest BCUT2D eigenvalue weighted by Gasteiger charge is -2.04. The molecule has 0 bridgehead atoms. The van der Waals surface area contributed by atoms with Crippen molar-refractivity contribution in [1.29, 1.82) is 0 Å². The minimum Gasteiger partial charge on any atom is -0.496 e. The molecule has 0 atom stereocenters. The summed E-state index contributed by atoms with van der Waals surface area (Å²) in [6, 6.07) is 7.74. The third-order valence-electron chi connectivity index (χ3n) is 3.02. The van der Waals surface area contributed by atoms with Crippen molar-refractivity contribution in [3.63, 3.8) is 0 Å². The molecule has 0 unspecified atom stereocenters. The molecule has 4 nitrogen and oxygen atoms in total. The number of methoxy groups -OCH3 is 1. The second-order valence-electron chi connectivity index (χ2n) is 4.34. The van der Waals surface area contributed by atoms with E-state index in [1.54, 1.807) is 18.4 Å². The number of thiazole rings is 1. The maximum absolute atomic E-state index is 10.7. The van der Waals surface area contributed by atoms with Crippen molar-refractivity contribution in [1.82, 2.24) is 4.98 Å². The van der Waals surface area contributed by atoms with Crippen LogP contribution in [-0.2, 0) is 17.6 Å². The quantitative estimate of drug-likeness (QED) is 0.886. The molecule has 0 amide bonds. The predicted octanol–water partition coefficient (Wildman–Crippen LogP) is 3.40. The Morgan fingerprint density at radius 3 is 2.80 bits per heavy atom. The molecule has 5 heteroatoms. The Bertz CT molecular complexity index is 607. The molecule has 20 heavy (non-hydrogen) atoms. The van der Waals surface area contributed by atoms with Gasteiger partial charge in [0.1, 0.15) is 10.8 Å². The van der Waals surface area contributed by atoms with E-state index in [0.717, 1.165) is 33.3 Å². The Morgan fingerprint density at radius 1 is 1.40 bits per heavy atom. The average molecular weight is 291 g/mol. The number of aliphatic carboxylic acids is 1. The number of rotatable bonds is 6. The van der Waals surface area contributed by atoms with Crippen LogP contribution in [0.3, 0.4) is 0 Å². The van der Waals surface area contributed by atoms with Crippen LogP contribution in [0.2, 0.25) is 0 Å². The van der Waals surface area contributed by atoms with Gasteiger partial charge in [-0.2, -0.15) is 0 Å².